The Morgan fingerprint density at radius 1 is 1.57 bits per heavy atom. The maximum Gasteiger partial charge on any atom is 0 e. The van der Waals surface area contributed by atoms with Gasteiger partial charge < -0.3 is 0 Å². The average molecular weight is 183 g/mol. The first-order chi connectivity index (χ1) is 2.81. The maximum absolute atomic E-state index is 3.56. The topological polar surface area (TPSA) is 0 Å². The molecule has 0 amide bonds. The molecule has 0 saturated heterocycles. The van der Waals surface area contributed by atoms with Crippen molar-refractivity contribution in [3.63, 3.8) is 0 Å². The quantitative estimate of drug-likeness (QED) is 0.431. The Morgan fingerprint density at radius 3 is 2.00 bits per heavy atom. The summed E-state index contributed by atoms with van der Waals surface area (Å²) in [6, 6.07) is 0. The van der Waals surface area contributed by atoms with Gasteiger partial charge in [0.05, 0.1) is 0 Å². The van der Waals surface area contributed by atoms with Gasteiger partial charge in [0.1, 0.15) is 0 Å². The molecule has 0 rings (SSSR count). The van der Waals surface area contributed by atoms with Crippen molar-refractivity contribution in [2.45, 2.75) is 13.8 Å². The molecule has 0 aliphatic heterocycles. The average Bonchev–Trinajstić information content (AvgIpc) is 1.65. The molecule has 0 aromatic heterocycles. The minimum absolute atomic E-state index is 0. The van der Waals surface area contributed by atoms with Gasteiger partial charge in [-0.15, -0.1) is 0 Å². The Balaban J connectivity index is 0. The smallest absolute Gasteiger partial charge is 0 e. The standard InChI is InChI=1S/C6H10.Ru/c1-4-6(3)5-2;/h4-5H,1H2,2-3H3;/b6-5+;. The van der Waals surface area contributed by atoms with Crippen LogP contribution in [0, 0.1) is 0 Å². The van der Waals surface area contributed by atoms with Gasteiger partial charge in [0, 0.05) is 19.5 Å². The SMILES string of the molecule is C=C/C(C)=C/C.[Ru]. The van der Waals surface area contributed by atoms with Gasteiger partial charge >= 0.3 is 0 Å². The zero-order valence-corrected chi connectivity index (χ0v) is 6.45. The van der Waals surface area contributed by atoms with Crippen molar-refractivity contribution in [3.05, 3.63) is 24.3 Å². The number of hydrogen-bond donors (Lipinski definition) is 0. The molecule has 0 saturated carbocycles. The second-order valence-corrected chi connectivity index (χ2v) is 1.24. The third kappa shape index (κ3) is 6.10. The van der Waals surface area contributed by atoms with Crippen molar-refractivity contribution in [1.82, 2.24) is 0 Å². The van der Waals surface area contributed by atoms with Gasteiger partial charge in [0.2, 0.25) is 0 Å². The summed E-state index contributed by atoms with van der Waals surface area (Å²) in [6.07, 6.45) is 3.85. The third-order valence-corrected chi connectivity index (χ3v) is 0.777. The molecular formula is C6H10Ru. The molecule has 0 aliphatic carbocycles. The molecule has 0 atom stereocenters. The van der Waals surface area contributed by atoms with Crippen LogP contribution in [0.4, 0.5) is 0 Å². The first kappa shape index (κ1) is 10.2. The minimum atomic E-state index is 0. The first-order valence-corrected chi connectivity index (χ1v) is 2.06. The van der Waals surface area contributed by atoms with Gasteiger partial charge in [-0.2, -0.15) is 0 Å². The summed E-state index contributed by atoms with van der Waals surface area (Å²) in [5, 5.41) is 0. The zero-order chi connectivity index (χ0) is 4.99. The van der Waals surface area contributed by atoms with E-state index in [0.717, 1.165) is 0 Å². The number of allylic oxidation sites excluding steroid dienone is 3. The Hall–Kier alpha value is 0.103. The van der Waals surface area contributed by atoms with E-state index in [4.69, 9.17) is 0 Å². The monoisotopic (exact) mass is 184 g/mol. The summed E-state index contributed by atoms with van der Waals surface area (Å²) in [5.41, 5.74) is 1.23. The molecule has 0 aromatic rings. The summed E-state index contributed by atoms with van der Waals surface area (Å²) in [4.78, 5) is 0. The minimum Gasteiger partial charge on any atom is -0.0988 e. The zero-order valence-electron chi connectivity index (χ0n) is 4.72. The van der Waals surface area contributed by atoms with E-state index >= 15 is 0 Å². The van der Waals surface area contributed by atoms with Crippen LogP contribution in [0.3, 0.4) is 0 Å². The molecule has 0 aliphatic rings. The van der Waals surface area contributed by atoms with E-state index in [1.807, 2.05) is 26.0 Å². The molecule has 42 valence electrons. The molecule has 0 heterocycles. The second kappa shape index (κ2) is 6.10. The predicted octanol–water partition coefficient (Wildman–Crippen LogP) is 2.14. The van der Waals surface area contributed by atoms with Crippen LogP contribution in [0.1, 0.15) is 13.8 Å². The van der Waals surface area contributed by atoms with E-state index in [2.05, 4.69) is 6.58 Å². The molecule has 0 aromatic carbocycles. The van der Waals surface area contributed by atoms with Crippen LogP contribution >= 0.6 is 0 Å². The Morgan fingerprint density at radius 2 is 2.00 bits per heavy atom. The fourth-order valence-electron chi connectivity index (χ4n) is 0.118. The summed E-state index contributed by atoms with van der Waals surface area (Å²) in [6.45, 7) is 7.58. The van der Waals surface area contributed by atoms with Gasteiger partial charge in [0.15, 0.2) is 0 Å². The molecule has 0 spiro atoms. The summed E-state index contributed by atoms with van der Waals surface area (Å²) in [5.74, 6) is 0. The van der Waals surface area contributed by atoms with Crippen molar-refractivity contribution in [1.29, 1.82) is 0 Å². The van der Waals surface area contributed by atoms with Crippen LogP contribution < -0.4 is 0 Å². The third-order valence-electron chi connectivity index (χ3n) is 0.777. The molecular weight excluding hydrogens is 173 g/mol. The summed E-state index contributed by atoms with van der Waals surface area (Å²) < 4.78 is 0. The van der Waals surface area contributed by atoms with Crippen molar-refractivity contribution in [2.75, 3.05) is 0 Å². The van der Waals surface area contributed by atoms with Crippen molar-refractivity contribution < 1.29 is 19.5 Å². The van der Waals surface area contributed by atoms with Gasteiger partial charge in [-0.3, -0.25) is 0 Å². The fraction of sp³-hybridized carbons (Fsp3) is 0.333. The Bertz CT molecular complexity index is 72.2. The Labute approximate surface area is 58.1 Å². The molecule has 1 heteroatoms. The molecule has 0 unspecified atom stereocenters. The van der Waals surface area contributed by atoms with Crippen LogP contribution in [0.15, 0.2) is 24.3 Å². The van der Waals surface area contributed by atoms with E-state index in [9.17, 15) is 0 Å². The molecule has 0 N–H and O–H groups in total. The van der Waals surface area contributed by atoms with E-state index in [0.29, 0.717) is 0 Å². The van der Waals surface area contributed by atoms with E-state index in [-0.39, 0.29) is 19.5 Å². The van der Waals surface area contributed by atoms with Crippen LogP contribution in [0.25, 0.3) is 0 Å². The molecule has 0 fully saturated rings. The van der Waals surface area contributed by atoms with Gasteiger partial charge in [0.25, 0.3) is 0 Å². The normalized spacial score (nSPS) is 9.71. The Kier molecular flexibility index (Phi) is 8.86. The molecule has 7 heavy (non-hydrogen) atoms. The summed E-state index contributed by atoms with van der Waals surface area (Å²) >= 11 is 0. The predicted molar refractivity (Wildman–Crippen MR) is 29.6 cm³/mol. The van der Waals surface area contributed by atoms with Gasteiger partial charge in [-0.25, -0.2) is 0 Å². The van der Waals surface area contributed by atoms with Gasteiger partial charge in [-0.05, 0) is 13.8 Å². The molecule has 0 bridgehead atoms. The van der Waals surface area contributed by atoms with E-state index in [1.165, 1.54) is 5.57 Å². The van der Waals surface area contributed by atoms with E-state index < -0.39 is 0 Å². The van der Waals surface area contributed by atoms with Crippen molar-refractivity contribution in [3.8, 4) is 0 Å². The van der Waals surface area contributed by atoms with E-state index in [1.54, 1.807) is 0 Å². The number of hydrogen-bond acceptors (Lipinski definition) is 0. The first-order valence-electron chi connectivity index (χ1n) is 2.06. The summed E-state index contributed by atoms with van der Waals surface area (Å²) in [7, 11) is 0. The number of rotatable bonds is 1. The largest absolute Gasteiger partial charge is 0.0988 e. The second-order valence-electron chi connectivity index (χ2n) is 1.24. The van der Waals surface area contributed by atoms with Crippen LogP contribution in [-0.2, 0) is 19.5 Å². The van der Waals surface area contributed by atoms with Gasteiger partial charge in [-0.1, -0.05) is 24.3 Å². The van der Waals surface area contributed by atoms with Crippen molar-refractivity contribution in [2.24, 2.45) is 0 Å². The maximum atomic E-state index is 3.56. The van der Waals surface area contributed by atoms with Crippen LogP contribution in [-0.4, -0.2) is 0 Å². The molecule has 0 radical (unpaired) electrons. The molecule has 0 nitrogen and oxygen atoms in total. The van der Waals surface area contributed by atoms with Crippen LogP contribution in [0.2, 0.25) is 0 Å². The van der Waals surface area contributed by atoms with Crippen molar-refractivity contribution >= 4 is 0 Å². The van der Waals surface area contributed by atoms with Crippen LogP contribution in [0.5, 0.6) is 0 Å². The fourth-order valence-corrected chi connectivity index (χ4v) is 0.118.